The monoisotopic (exact) mass is 214 g/mol. The molecule has 2 heterocycles. The summed E-state index contributed by atoms with van der Waals surface area (Å²) in [5.41, 5.74) is -1.48. The number of aliphatic hydroxyl groups excluding tert-OH is 1. The predicted octanol–water partition coefficient (Wildman–Crippen LogP) is -2.01. The number of fused-ring (bicyclic) bond motifs is 1. The van der Waals surface area contributed by atoms with E-state index in [9.17, 15) is 19.2 Å². The normalized spacial score (nSPS) is 19.5. The Bertz CT molecular complexity index is 651. The minimum atomic E-state index is -1.95. The van der Waals surface area contributed by atoms with Gasteiger partial charge in [0.05, 0.1) is 5.41 Å². The summed E-state index contributed by atoms with van der Waals surface area (Å²) >= 11 is 0. The Hall–Kier alpha value is -1.60. The summed E-state index contributed by atoms with van der Waals surface area (Å²) in [6.07, 6.45) is 1.18. The molecule has 6 nitrogen and oxygen atoms in total. The molecule has 0 fully saturated rings. The molecule has 1 aromatic heterocycles. The molecule has 14 heavy (non-hydrogen) atoms. The standard InChI is InChI=1S/C7H6N2O4S/c10-3-1-2-14(13)6-4(3)5(11)8-7(12)9-6/h1-2,14H,(H3-,8,9,10,11,12,13). The Morgan fingerprint density at radius 3 is 2.79 bits per heavy atom. The van der Waals surface area contributed by atoms with Gasteiger partial charge < -0.3 is 9.66 Å². The Labute approximate surface area is 79.0 Å². The molecule has 3 N–H and O–H groups in total. The van der Waals surface area contributed by atoms with Crippen molar-refractivity contribution in [3.63, 3.8) is 0 Å². The minimum absolute atomic E-state index is 0.0336. The molecule has 0 saturated carbocycles. The van der Waals surface area contributed by atoms with Gasteiger partial charge in [0.1, 0.15) is 5.76 Å². The Kier molecular flexibility index (Phi) is 1.90. The molecule has 0 spiro atoms. The molecule has 0 aromatic carbocycles. The first-order chi connectivity index (χ1) is 6.59. The second kappa shape index (κ2) is 2.96. The molecule has 74 valence electrons. The number of rotatable bonds is 0. The number of H-pyrrole nitrogens is 2. The lowest BCUT2D eigenvalue weighted by molar-refractivity contribution is 0.509. The van der Waals surface area contributed by atoms with Crippen molar-refractivity contribution in [1.29, 1.82) is 0 Å². The second-order valence-corrected chi connectivity index (χ2v) is 4.06. The summed E-state index contributed by atoms with van der Waals surface area (Å²) in [5.74, 6) is -0.299. The Balaban J connectivity index is 3.23. The van der Waals surface area contributed by atoms with Gasteiger partial charge in [-0.2, -0.15) is 0 Å². The van der Waals surface area contributed by atoms with Crippen LogP contribution >= 0.6 is 0 Å². The first-order valence-electron chi connectivity index (χ1n) is 3.67. The fraction of sp³-hybridized carbons (Fsp3) is 0. The summed E-state index contributed by atoms with van der Waals surface area (Å²) in [6.45, 7) is 0. The lowest BCUT2D eigenvalue weighted by atomic mass is 10.4. The molecular formula is C7H6N2O4S. The largest absolute Gasteiger partial charge is 0.645 e. The summed E-state index contributed by atoms with van der Waals surface area (Å²) < 4.78 is 11.3. The van der Waals surface area contributed by atoms with Gasteiger partial charge in [-0.1, -0.05) is 0 Å². The highest BCUT2D eigenvalue weighted by molar-refractivity contribution is 7.86. The molecule has 1 unspecified atom stereocenters. The zero-order chi connectivity index (χ0) is 10.3. The van der Waals surface area contributed by atoms with E-state index in [0.29, 0.717) is 0 Å². The number of nitrogens with one attached hydrogen (secondary N) is 2. The SMILES string of the molecule is O=c1[nH]c(=O)c2c([nH]1)=[SH+]([O-])C=CC=2O. The maximum atomic E-state index is 11.3. The number of aromatic amines is 2. The van der Waals surface area contributed by atoms with E-state index in [1.54, 1.807) is 0 Å². The van der Waals surface area contributed by atoms with Crippen LogP contribution in [0.2, 0.25) is 0 Å². The van der Waals surface area contributed by atoms with E-state index in [0.717, 1.165) is 0 Å². The van der Waals surface area contributed by atoms with E-state index >= 15 is 0 Å². The third-order valence-corrected chi connectivity index (χ3v) is 2.96. The van der Waals surface area contributed by atoms with Crippen LogP contribution in [0.5, 0.6) is 0 Å². The highest BCUT2D eigenvalue weighted by atomic mass is 32.2. The molecule has 0 bridgehead atoms. The van der Waals surface area contributed by atoms with Crippen molar-refractivity contribution in [3.8, 4) is 0 Å². The van der Waals surface area contributed by atoms with Crippen LogP contribution < -0.4 is 16.5 Å². The zero-order valence-electron chi connectivity index (χ0n) is 6.77. The molecule has 1 aromatic rings. The van der Waals surface area contributed by atoms with E-state index in [2.05, 4.69) is 4.98 Å². The van der Waals surface area contributed by atoms with Crippen molar-refractivity contribution in [2.45, 2.75) is 0 Å². The summed E-state index contributed by atoms with van der Waals surface area (Å²) in [7, 11) is -1.95. The Morgan fingerprint density at radius 1 is 1.36 bits per heavy atom. The van der Waals surface area contributed by atoms with Gasteiger partial charge in [-0.25, -0.2) is 4.79 Å². The lowest BCUT2D eigenvalue weighted by Crippen LogP contribution is -2.39. The van der Waals surface area contributed by atoms with Crippen LogP contribution in [-0.4, -0.2) is 19.6 Å². The van der Waals surface area contributed by atoms with Gasteiger partial charge in [-0.3, -0.25) is 14.8 Å². The minimum Gasteiger partial charge on any atom is -0.645 e. The molecule has 1 atom stereocenters. The van der Waals surface area contributed by atoms with Gasteiger partial charge in [0.15, 0.2) is 5.22 Å². The second-order valence-electron chi connectivity index (χ2n) is 2.66. The summed E-state index contributed by atoms with van der Waals surface area (Å²) in [6, 6.07) is 0. The van der Waals surface area contributed by atoms with Crippen LogP contribution in [0.15, 0.2) is 21.1 Å². The molecule has 1 aliphatic heterocycles. The van der Waals surface area contributed by atoms with Crippen molar-refractivity contribution in [1.82, 2.24) is 9.97 Å². The van der Waals surface area contributed by atoms with Crippen molar-refractivity contribution >= 4 is 16.5 Å². The number of aliphatic hydroxyl groups is 1. The number of aromatic nitrogens is 2. The van der Waals surface area contributed by atoms with Crippen LogP contribution in [0.4, 0.5) is 0 Å². The molecule has 0 saturated heterocycles. The van der Waals surface area contributed by atoms with Crippen LogP contribution in [0.3, 0.4) is 0 Å². The number of thiol groups is 1. The van der Waals surface area contributed by atoms with E-state index in [1.165, 1.54) is 11.5 Å². The van der Waals surface area contributed by atoms with Crippen molar-refractivity contribution < 1.29 is 9.66 Å². The van der Waals surface area contributed by atoms with Crippen molar-refractivity contribution in [2.75, 3.05) is 0 Å². The van der Waals surface area contributed by atoms with Gasteiger partial charge in [-0.15, -0.1) is 10.8 Å². The average molecular weight is 214 g/mol. The molecule has 7 heteroatoms. The molecule has 0 amide bonds. The maximum absolute atomic E-state index is 11.3. The number of hydrogen-bond acceptors (Lipinski definition) is 4. The average Bonchev–Trinajstić information content (AvgIpc) is 2.10. The van der Waals surface area contributed by atoms with Crippen LogP contribution in [0, 0.1) is 4.64 Å². The molecular weight excluding hydrogens is 208 g/mol. The third kappa shape index (κ3) is 1.22. The van der Waals surface area contributed by atoms with Gasteiger partial charge in [0.25, 0.3) is 5.56 Å². The van der Waals surface area contributed by atoms with E-state index in [-0.39, 0.29) is 15.6 Å². The van der Waals surface area contributed by atoms with Gasteiger partial charge in [0, 0.05) is 6.08 Å². The predicted molar refractivity (Wildman–Crippen MR) is 50.9 cm³/mol. The van der Waals surface area contributed by atoms with E-state index < -0.39 is 22.0 Å². The fourth-order valence-corrected chi connectivity index (χ4v) is 2.25. The van der Waals surface area contributed by atoms with Gasteiger partial charge >= 0.3 is 5.69 Å². The van der Waals surface area contributed by atoms with Crippen LogP contribution in [0.25, 0.3) is 5.76 Å². The first kappa shape index (κ1) is 8.97. The van der Waals surface area contributed by atoms with E-state index in [1.807, 2.05) is 4.98 Å². The highest BCUT2D eigenvalue weighted by Crippen LogP contribution is 1.96. The third-order valence-electron chi connectivity index (χ3n) is 1.77. The van der Waals surface area contributed by atoms with Gasteiger partial charge in [-0.05, 0) is 0 Å². The van der Waals surface area contributed by atoms with E-state index in [4.69, 9.17) is 0 Å². The van der Waals surface area contributed by atoms with Gasteiger partial charge in [0.2, 0.25) is 4.64 Å². The summed E-state index contributed by atoms with van der Waals surface area (Å²) in [4.78, 5) is 26.2. The van der Waals surface area contributed by atoms with Crippen molar-refractivity contribution in [2.24, 2.45) is 0 Å². The highest BCUT2D eigenvalue weighted by Gasteiger charge is 2.08. The lowest BCUT2D eigenvalue weighted by Gasteiger charge is -2.03. The zero-order valence-corrected chi connectivity index (χ0v) is 7.67. The maximum Gasteiger partial charge on any atom is 0.329 e. The summed E-state index contributed by atoms with van der Waals surface area (Å²) in [5, 5.41) is 10.4. The smallest absolute Gasteiger partial charge is 0.329 e. The first-order valence-corrected chi connectivity index (χ1v) is 5.00. The van der Waals surface area contributed by atoms with Crippen LogP contribution in [0.1, 0.15) is 0 Å². The quantitative estimate of drug-likeness (QED) is 0.263. The fourth-order valence-electron chi connectivity index (χ4n) is 1.17. The van der Waals surface area contributed by atoms with Crippen molar-refractivity contribution in [3.05, 3.63) is 42.2 Å². The molecule has 1 aliphatic rings. The topological polar surface area (TPSA) is 109 Å². The molecule has 0 aliphatic carbocycles. The Morgan fingerprint density at radius 2 is 2.07 bits per heavy atom. The van der Waals surface area contributed by atoms with Crippen LogP contribution in [-0.2, 0) is 10.8 Å². The molecule has 0 radical (unpaired) electrons. The molecule has 2 rings (SSSR count). The number of hydrogen-bond donors (Lipinski definition) is 3.